The molecule has 1 N–H and O–H groups in total. The van der Waals surface area contributed by atoms with Crippen molar-refractivity contribution in [1.29, 1.82) is 0 Å². The zero-order chi connectivity index (χ0) is 18.4. The Morgan fingerprint density at radius 2 is 2.00 bits per heavy atom. The smallest absolute Gasteiger partial charge is 0.358 e. The second-order valence-electron chi connectivity index (χ2n) is 5.57. The van der Waals surface area contributed by atoms with Crippen LogP contribution >= 0.6 is 0 Å². The Kier molecular flexibility index (Phi) is 5.95. The lowest BCUT2D eigenvalue weighted by Gasteiger charge is -2.17. The molecule has 0 saturated carbocycles. The van der Waals surface area contributed by atoms with Crippen molar-refractivity contribution in [2.45, 2.75) is 25.9 Å². The number of nitrogens with zero attached hydrogens (tertiary/aromatic N) is 3. The highest BCUT2D eigenvalue weighted by molar-refractivity contribution is 6.02. The zero-order valence-electron chi connectivity index (χ0n) is 14.0. The van der Waals surface area contributed by atoms with Crippen LogP contribution in [0.25, 0.3) is 0 Å². The van der Waals surface area contributed by atoms with E-state index in [0.717, 1.165) is 31.5 Å². The van der Waals surface area contributed by atoms with Gasteiger partial charge in [0.1, 0.15) is 11.5 Å². The first-order valence-corrected chi connectivity index (χ1v) is 7.83. The molecular weight excluding hydrogens is 333 g/mol. The van der Waals surface area contributed by atoms with Crippen LogP contribution in [0.2, 0.25) is 0 Å². The third kappa shape index (κ3) is 5.17. The van der Waals surface area contributed by atoms with Crippen LogP contribution in [0.15, 0.2) is 36.7 Å². The number of anilines is 2. The Labute approximate surface area is 143 Å². The molecule has 0 aliphatic carbocycles. The van der Waals surface area contributed by atoms with E-state index in [1.54, 1.807) is 0 Å². The minimum atomic E-state index is -4.47. The van der Waals surface area contributed by atoms with Gasteiger partial charge in [-0.2, -0.15) is 13.2 Å². The lowest BCUT2D eigenvalue weighted by Crippen LogP contribution is -2.21. The van der Waals surface area contributed by atoms with Gasteiger partial charge < -0.3 is 10.2 Å². The van der Waals surface area contributed by atoms with Gasteiger partial charge in [0.25, 0.3) is 5.91 Å². The summed E-state index contributed by atoms with van der Waals surface area (Å²) < 4.78 is 38.1. The maximum atomic E-state index is 12.7. The summed E-state index contributed by atoms with van der Waals surface area (Å²) in [4.78, 5) is 22.3. The molecule has 0 atom stereocenters. The summed E-state index contributed by atoms with van der Waals surface area (Å²) in [6.45, 7) is 2.90. The molecule has 1 amide bonds. The summed E-state index contributed by atoms with van der Waals surface area (Å²) in [5, 5.41) is 2.40. The number of hydrogen-bond donors (Lipinski definition) is 1. The van der Waals surface area contributed by atoms with Crippen molar-refractivity contribution in [3.63, 3.8) is 0 Å². The van der Waals surface area contributed by atoms with E-state index in [1.165, 1.54) is 24.5 Å². The predicted octanol–water partition coefficient (Wildman–Crippen LogP) is 3.98. The first-order chi connectivity index (χ1) is 11.8. The number of alkyl halides is 3. The lowest BCUT2D eigenvalue weighted by atomic mass is 10.2. The highest BCUT2D eigenvalue weighted by atomic mass is 19.4. The molecule has 2 rings (SSSR count). The van der Waals surface area contributed by atoms with Crippen molar-refractivity contribution in [3.8, 4) is 0 Å². The van der Waals surface area contributed by atoms with E-state index < -0.39 is 17.6 Å². The molecule has 8 heteroatoms. The van der Waals surface area contributed by atoms with Gasteiger partial charge in [0.15, 0.2) is 0 Å². The Morgan fingerprint density at radius 1 is 1.24 bits per heavy atom. The minimum absolute atomic E-state index is 0.0325. The number of hydrogen-bond acceptors (Lipinski definition) is 4. The maximum Gasteiger partial charge on any atom is 0.416 e. The molecule has 1 aromatic heterocycles. The van der Waals surface area contributed by atoms with Gasteiger partial charge >= 0.3 is 6.18 Å². The van der Waals surface area contributed by atoms with Crippen molar-refractivity contribution in [2.24, 2.45) is 0 Å². The van der Waals surface area contributed by atoms with Gasteiger partial charge in [-0.05, 0) is 24.6 Å². The summed E-state index contributed by atoms with van der Waals surface area (Å²) in [5.74, 6) is 0.0126. The van der Waals surface area contributed by atoms with Crippen molar-refractivity contribution >= 4 is 17.4 Å². The first-order valence-electron chi connectivity index (χ1n) is 7.83. The summed E-state index contributed by atoms with van der Waals surface area (Å²) in [6, 6.07) is 4.43. The Bertz CT molecular complexity index is 717. The van der Waals surface area contributed by atoms with Crippen LogP contribution in [0.3, 0.4) is 0 Å². The Morgan fingerprint density at radius 3 is 2.60 bits per heavy atom. The van der Waals surface area contributed by atoms with E-state index in [9.17, 15) is 18.0 Å². The quantitative estimate of drug-likeness (QED) is 0.854. The van der Waals surface area contributed by atoms with Gasteiger partial charge in [0.05, 0.1) is 18.0 Å². The molecule has 0 fully saturated rings. The topological polar surface area (TPSA) is 58.1 Å². The second-order valence-corrected chi connectivity index (χ2v) is 5.57. The summed E-state index contributed by atoms with van der Waals surface area (Å²) in [6.07, 6.45) is 0.369. The van der Waals surface area contributed by atoms with E-state index in [-0.39, 0.29) is 11.4 Å². The molecule has 2 aromatic rings. The molecule has 25 heavy (non-hydrogen) atoms. The predicted molar refractivity (Wildman–Crippen MR) is 89.6 cm³/mol. The van der Waals surface area contributed by atoms with Crippen molar-refractivity contribution < 1.29 is 18.0 Å². The molecule has 0 unspecified atom stereocenters. The maximum absolute atomic E-state index is 12.7. The molecule has 0 aliphatic heterocycles. The van der Waals surface area contributed by atoms with Gasteiger partial charge in [-0.3, -0.25) is 4.79 Å². The standard InChI is InChI=1S/C17H19F3N4O/c1-3-4-8-24(2)15-11-21-14(10-22-15)16(25)23-13-7-5-6-12(9-13)17(18,19)20/h5-7,9-11H,3-4,8H2,1-2H3,(H,23,25). The minimum Gasteiger partial charge on any atom is -0.358 e. The Hall–Kier alpha value is -2.64. The normalized spacial score (nSPS) is 11.2. The van der Waals surface area contributed by atoms with Gasteiger partial charge in [0, 0.05) is 19.3 Å². The molecule has 1 heterocycles. The van der Waals surface area contributed by atoms with Crippen molar-refractivity contribution in [3.05, 3.63) is 47.9 Å². The number of carbonyl (C=O) groups excluding carboxylic acids is 1. The molecule has 0 aliphatic rings. The molecule has 1 aromatic carbocycles. The number of unbranched alkanes of at least 4 members (excludes halogenated alkanes) is 1. The van der Waals surface area contributed by atoms with Crippen LogP contribution in [-0.4, -0.2) is 29.5 Å². The van der Waals surface area contributed by atoms with E-state index in [0.29, 0.717) is 5.82 Å². The summed E-state index contributed by atoms with van der Waals surface area (Å²) >= 11 is 0. The van der Waals surface area contributed by atoms with E-state index in [2.05, 4.69) is 22.2 Å². The van der Waals surface area contributed by atoms with Crippen LogP contribution in [-0.2, 0) is 6.18 Å². The van der Waals surface area contributed by atoms with Gasteiger partial charge in [0.2, 0.25) is 0 Å². The van der Waals surface area contributed by atoms with Crippen LogP contribution in [0.4, 0.5) is 24.7 Å². The summed E-state index contributed by atoms with van der Waals surface area (Å²) in [7, 11) is 1.88. The number of benzene rings is 1. The van der Waals surface area contributed by atoms with Crippen LogP contribution in [0, 0.1) is 0 Å². The van der Waals surface area contributed by atoms with Gasteiger partial charge in [-0.15, -0.1) is 0 Å². The third-order valence-corrected chi connectivity index (χ3v) is 3.56. The largest absolute Gasteiger partial charge is 0.416 e. The first kappa shape index (κ1) is 18.7. The number of halogens is 3. The van der Waals surface area contributed by atoms with Crippen LogP contribution in [0.5, 0.6) is 0 Å². The fourth-order valence-corrected chi connectivity index (χ4v) is 2.11. The molecular formula is C17H19F3N4O. The molecule has 0 saturated heterocycles. The van der Waals surface area contributed by atoms with Crippen LogP contribution < -0.4 is 10.2 Å². The molecule has 0 spiro atoms. The summed E-state index contributed by atoms with van der Waals surface area (Å²) in [5.41, 5.74) is -0.750. The average Bonchev–Trinajstić information content (AvgIpc) is 2.59. The Balaban J connectivity index is 2.06. The third-order valence-electron chi connectivity index (χ3n) is 3.56. The van der Waals surface area contributed by atoms with Crippen LogP contribution in [0.1, 0.15) is 35.8 Å². The average molecular weight is 352 g/mol. The fraction of sp³-hybridized carbons (Fsp3) is 0.353. The van der Waals surface area contributed by atoms with Crippen molar-refractivity contribution in [1.82, 2.24) is 9.97 Å². The monoisotopic (exact) mass is 352 g/mol. The SMILES string of the molecule is CCCCN(C)c1cnc(C(=O)Nc2cccc(C(F)(F)F)c2)cn1. The van der Waals surface area contributed by atoms with Crippen molar-refractivity contribution in [2.75, 3.05) is 23.8 Å². The van der Waals surface area contributed by atoms with Gasteiger partial charge in [-0.25, -0.2) is 9.97 Å². The molecule has 0 radical (unpaired) electrons. The van der Waals surface area contributed by atoms with E-state index in [1.807, 2.05) is 11.9 Å². The second kappa shape index (κ2) is 7.96. The highest BCUT2D eigenvalue weighted by Gasteiger charge is 2.30. The lowest BCUT2D eigenvalue weighted by molar-refractivity contribution is -0.137. The fourth-order valence-electron chi connectivity index (χ4n) is 2.11. The van der Waals surface area contributed by atoms with Gasteiger partial charge in [-0.1, -0.05) is 19.4 Å². The molecule has 134 valence electrons. The van der Waals surface area contributed by atoms with E-state index >= 15 is 0 Å². The number of amides is 1. The van der Waals surface area contributed by atoms with E-state index in [4.69, 9.17) is 0 Å². The zero-order valence-corrected chi connectivity index (χ0v) is 14.0. The number of rotatable bonds is 6. The number of nitrogens with one attached hydrogen (secondary N) is 1. The molecule has 5 nitrogen and oxygen atoms in total. The number of carbonyl (C=O) groups is 1. The molecule has 0 bridgehead atoms. The highest BCUT2D eigenvalue weighted by Crippen LogP contribution is 2.30. The number of aromatic nitrogens is 2.